The van der Waals surface area contributed by atoms with Crippen molar-refractivity contribution in [3.8, 4) is 23.3 Å². The van der Waals surface area contributed by atoms with Gasteiger partial charge in [0.2, 0.25) is 5.88 Å². The number of allylic oxidation sites excluding steroid dienone is 1. The highest BCUT2D eigenvalue weighted by Crippen LogP contribution is 2.43. The number of carbonyl (C=O) groups is 1. The van der Waals surface area contributed by atoms with E-state index >= 15 is 0 Å². The van der Waals surface area contributed by atoms with Crippen LogP contribution in [0, 0.1) is 21.4 Å². The molecule has 10 heteroatoms. The summed E-state index contributed by atoms with van der Waals surface area (Å²) in [5.41, 5.74) is 7.76. The van der Waals surface area contributed by atoms with Crippen LogP contribution >= 0.6 is 15.9 Å². The number of rotatable bonds is 6. The molecule has 1 unspecified atom stereocenters. The molecule has 0 saturated carbocycles. The molecule has 0 bridgehead atoms. The largest absolute Gasteiger partial charge is 0.482 e. The van der Waals surface area contributed by atoms with E-state index in [1.165, 1.54) is 30.3 Å². The van der Waals surface area contributed by atoms with Gasteiger partial charge >= 0.3 is 5.97 Å². The second kappa shape index (κ2) is 9.64. The van der Waals surface area contributed by atoms with Crippen LogP contribution in [-0.4, -0.2) is 17.5 Å². The van der Waals surface area contributed by atoms with Gasteiger partial charge in [-0.25, -0.2) is 4.79 Å². The van der Waals surface area contributed by atoms with Crippen LogP contribution in [0.25, 0.3) is 0 Å². The highest BCUT2D eigenvalue weighted by molar-refractivity contribution is 9.10. The third-order valence-electron chi connectivity index (χ3n) is 5.01. The van der Waals surface area contributed by atoms with Crippen molar-refractivity contribution in [3.63, 3.8) is 0 Å². The summed E-state index contributed by atoms with van der Waals surface area (Å²) in [5, 5.41) is 20.4. The number of nitrogens with zero attached hydrogens (tertiary/aromatic N) is 2. The van der Waals surface area contributed by atoms with Crippen molar-refractivity contribution in [2.24, 2.45) is 5.73 Å². The molecule has 4 rings (SSSR count). The van der Waals surface area contributed by atoms with E-state index in [0.29, 0.717) is 11.3 Å². The monoisotopic (exact) mass is 521 g/mol. The van der Waals surface area contributed by atoms with Crippen LogP contribution in [-0.2, 0) is 4.79 Å². The van der Waals surface area contributed by atoms with E-state index in [0.717, 1.165) is 10.0 Å². The van der Waals surface area contributed by atoms with Gasteiger partial charge in [-0.2, -0.15) is 5.26 Å². The Bertz CT molecular complexity index is 1350. The molecule has 1 heterocycles. The molecule has 9 nitrogen and oxygen atoms in total. The maximum absolute atomic E-state index is 12.2. The first-order chi connectivity index (χ1) is 16.4. The smallest absolute Gasteiger partial charge is 0.349 e. The second-order valence-electron chi connectivity index (χ2n) is 7.19. The van der Waals surface area contributed by atoms with E-state index in [2.05, 4.69) is 22.0 Å². The molecule has 0 fully saturated rings. The SMILES string of the molecule is N#CC1=C(N)Oc2cc(OC(=O)COc3ccc([N+](=O)[O-])cc3)ccc2C1c1cccc(Br)c1. The molecule has 0 aromatic heterocycles. The molecule has 1 aliphatic heterocycles. The van der Waals surface area contributed by atoms with Gasteiger partial charge in [-0.15, -0.1) is 0 Å². The quantitative estimate of drug-likeness (QED) is 0.215. The molecule has 0 spiro atoms. The number of fused-ring (bicyclic) bond motifs is 1. The van der Waals surface area contributed by atoms with Crippen molar-refractivity contribution >= 4 is 27.6 Å². The zero-order valence-electron chi connectivity index (χ0n) is 17.4. The summed E-state index contributed by atoms with van der Waals surface area (Å²) >= 11 is 3.45. The van der Waals surface area contributed by atoms with Gasteiger partial charge in [-0.05, 0) is 35.9 Å². The van der Waals surface area contributed by atoms with Crippen LogP contribution in [0.5, 0.6) is 17.2 Å². The molecular formula is C24H16BrN3O6. The van der Waals surface area contributed by atoms with E-state index in [1.807, 2.05) is 24.3 Å². The number of ether oxygens (including phenoxy) is 3. The Labute approximate surface area is 202 Å². The van der Waals surface area contributed by atoms with Crippen LogP contribution in [0.4, 0.5) is 5.69 Å². The third-order valence-corrected chi connectivity index (χ3v) is 5.50. The summed E-state index contributed by atoms with van der Waals surface area (Å²) in [7, 11) is 0. The molecule has 3 aromatic rings. The summed E-state index contributed by atoms with van der Waals surface area (Å²) in [6, 6.07) is 19.8. The minimum absolute atomic E-state index is 0.0232. The van der Waals surface area contributed by atoms with Gasteiger partial charge < -0.3 is 19.9 Å². The molecule has 0 aliphatic carbocycles. The Morgan fingerprint density at radius 2 is 1.88 bits per heavy atom. The first-order valence-electron chi connectivity index (χ1n) is 9.90. The molecule has 170 valence electrons. The maximum atomic E-state index is 12.2. The summed E-state index contributed by atoms with van der Waals surface area (Å²) in [4.78, 5) is 22.4. The molecule has 3 aromatic carbocycles. The maximum Gasteiger partial charge on any atom is 0.349 e. The molecule has 0 amide bonds. The normalized spacial score (nSPS) is 14.4. The fraction of sp³-hybridized carbons (Fsp3) is 0.0833. The van der Waals surface area contributed by atoms with Crippen molar-refractivity contribution in [2.45, 2.75) is 5.92 Å². The standard InChI is InChI=1S/C24H16BrN3O6/c25-15-3-1-2-14(10-15)23-19-9-8-18(11-21(19)34-24(27)20(23)12-26)33-22(29)13-32-17-6-4-16(5-7-17)28(30)31/h1-11,23H,13,27H2. The molecule has 0 saturated heterocycles. The lowest BCUT2D eigenvalue weighted by atomic mass is 9.83. The van der Waals surface area contributed by atoms with Crippen molar-refractivity contribution in [3.05, 3.63) is 104 Å². The Morgan fingerprint density at radius 3 is 2.56 bits per heavy atom. The van der Waals surface area contributed by atoms with E-state index < -0.39 is 23.4 Å². The average Bonchev–Trinajstić information content (AvgIpc) is 2.82. The van der Waals surface area contributed by atoms with E-state index in [-0.39, 0.29) is 28.6 Å². The first-order valence-corrected chi connectivity index (χ1v) is 10.7. The lowest BCUT2D eigenvalue weighted by molar-refractivity contribution is -0.384. The summed E-state index contributed by atoms with van der Waals surface area (Å²) in [5.74, 6) is -0.291. The lowest BCUT2D eigenvalue weighted by Gasteiger charge is -2.26. The predicted octanol–water partition coefficient (Wildman–Crippen LogP) is 4.56. The number of carbonyl (C=O) groups excluding carboxylic acids is 1. The number of nitriles is 1. The van der Waals surface area contributed by atoms with Crippen molar-refractivity contribution in [2.75, 3.05) is 6.61 Å². The molecule has 2 N–H and O–H groups in total. The van der Waals surface area contributed by atoms with Crippen LogP contribution in [0.1, 0.15) is 17.0 Å². The predicted molar refractivity (Wildman–Crippen MR) is 124 cm³/mol. The number of halogens is 1. The van der Waals surface area contributed by atoms with Crippen LogP contribution in [0.2, 0.25) is 0 Å². The minimum atomic E-state index is -0.682. The second-order valence-corrected chi connectivity index (χ2v) is 8.11. The molecule has 0 radical (unpaired) electrons. The van der Waals surface area contributed by atoms with Crippen molar-refractivity contribution in [1.29, 1.82) is 5.26 Å². The zero-order chi connectivity index (χ0) is 24.2. The van der Waals surface area contributed by atoms with Crippen LogP contribution < -0.4 is 19.9 Å². The van der Waals surface area contributed by atoms with Crippen LogP contribution in [0.15, 0.2) is 82.7 Å². The third kappa shape index (κ3) is 4.84. The number of hydrogen-bond donors (Lipinski definition) is 1. The van der Waals surface area contributed by atoms with Gasteiger partial charge in [-0.1, -0.05) is 34.1 Å². The van der Waals surface area contributed by atoms with E-state index in [4.69, 9.17) is 19.9 Å². The molecule has 1 aliphatic rings. The van der Waals surface area contributed by atoms with Gasteiger partial charge in [0.15, 0.2) is 6.61 Å². The number of nitro groups is 1. The lowest BCUT2D eigenvalue weighted by Crippen LogP contribution is -2.21. The number of esters is 1. The Hall–Kier alpha value is -4.36. The van der Waals surface area contributed by atoms with Gasteiger partial charge in [0.25, 0.3) is 5.69 Å². The first kappa shape index (κ1) is 22.8. The van der Waals surface area contributed by atoms with Gasteiger partial charge in [0.1, 0.15) is 28.9 Å². The molecular weight excluding hydrogens is 506 g/mol. The van der Waals surface area contributed by atoms with Gasteiger partial charge in [0, 0.05) is 28.2 Å². The highest BCUT2D eigenvalue weighted by Gasteiger charge is 2.31. The molecule has 1 atom stereocenters. The summed E-state index contributed by atoms with van der Waals surface area (Å²) < 4.78 is 17.2. The van der Waals surface area contributed by atoms with Gasteiger partial charge in [-0.3, -0.25) is 10.1 Å². The van der Waals surface area contributed by atoms with Crippen molar-refractivity contribution in [1.82, 2.24) is 0 Å². The van der Waals surface area contributed by atoms with Gasteiger partial charge in [0.05, 0.1) is 10.8 Å². The topological polar surface area (TPSA) is 138 Å². The molecule has 34 heavy (non-hydrogen) atoms. The Kier molecular flexibility index (Phi) is 6.47. The number of non-ortho nitro benzene ring substituents is 1. The zero-order valence-corrected chi connectivity index (χ0v) is 19.0. The van der Waals surface area contributed by atoms with Crippen molar-refractivity contribution < 1.29 is 23.9 Å². The van der Waals surface area contributed by atoms with Crippen LogP contribution in [0.3, 0.4) is 0 Å². The Morgan fingerprint density at radius 1 is 1.15 bits per heavy atom. The number of benzene rings is 3. The number of nitro benzene ring substituents is 1. The fourth-order valence-electron chi connectivity index (χ4n) is 3.50. The summed E-state index contributed by atoms with van der Waals surface area (Å²) in [6.07, 6.45) is 0. The highest BCUT2D eigenvalue weighted by atomic mass is 79.9. The fourth-order valence-corrected chi connectivity index (χ4v) is 3.91. The Balaban J connectivity index is 1.50. The number of nitrogens with two attached hydrogens (primary N) is 1. The minimum Gasteiger partial charge on any atom is -0.482 e. The average molecular weight is 522 g/mol. The van der Waals surface area contributed by atoms with E-state index in [1.54, 1.807) is 12.1 Å². The summed E-state index contributed by atoms with van der Waals surface area (Å²) in [6.45, 7) is -0.406. The van der Waals surface area contributed by atoms with E-state index in [9.17, 15) is 20.2 Å². The number of hydrogen-bond acceptors (Lipinski definition) is 8.